The Balaban J connectivity index is 1.42. The molecule has 0 saturated carbocycles. The average molecular weight is 552 g/mol. The molecule has 3 aromatic rings. The predicted molar refractivity (Wildman–Crippen MR) is 154 cm³/mol. The van der Waals surface area contributed by atoms with Crippen molar-refractivity contribution in [2.75, 3.05) is 11.1 Å². The zero-order valence-electron chi connectivity index (χ0n) is 23.3. The average Bonchev–Trinajstić information content (AvgIpc) is 3.44. The van der Waals surface area contributed by atoms with Crippen LogP contribution in [0.2, 0.25) is 0 Å². The van der Waals surface area contributed by atoms with E-state index >= 15 is 0 Å². The number of benzene rings is 1. The smallest absolute Gasteiger partial charge is 0.235 e. The highest BCUT2D eigenvalue weighted by molar-refractivity contribution is 7.99. The largest absolute Gasteiger partial charge is 0.482 e. The van der Waals surface area contributed by atoms with Crippen molar-refractivity contribution in [3.8, 4) is 11.8 Å². The van der Waals surface area contributed by atoms with Crippen molar-refractivity contribution >= 4 is 34.0 Å². The first kappa shape index (κ1) is 28.2. The van der Waals surface area contributed by atoms with Crippen LogP contribution >= 0.6 is 23.1 Å². The van der Waals surface area contributed by atoms with Crippen LogP contribution in [0.5, 0.6) is 5.75 Å². The maximum Gasteiger partial charge on any atom is 0.235 e. The van der Waals surface area contributed by atoms with Crippen LogP contribution in [-0.4, -0.2) is 26.4 Å². The molecule has 1 aliphatic rings. The molecule has 1 N–H and O–H groups in total. The summed E-state index contributed by atoms with van der Waals surface area (Å²) < 4.78 is 8.22. The second kappa shape index (κ2) is 11.5. The standard InChI is InChI=1S/C29H37N5O2S2/c1-8-34-26(19(4)36-23-11-9-10-17(2)18(23)3)32-33-28(34)37-16-25(35)31-27-22(15-30)21-13-12-20(29(5,6)7)14-24(21)38-27/h9-11,19-20H,8,12-14,16H2,1-7H3,(H,31,35)/t19-,20-/m0/s1. The van der Waals surface area contributed by atoms with Crippen LogP contribution in [0.1, 0.15) is 80.1 Å². The molecular formula is C29H37N5O2S2. The molecule has 4 rings (SSSR count). The molecule has 0 saturated heterocycles. The summed E-state index contributed by atoms with van der Waals surface area (Å²) in [5, 5.41) is 22.9. The van der Waals surface area contributed by atoms with Gasteiger partial charge < -0.3 is 14.6 Å². The minimum atomic E-state index is -0.293. The second-order valence-electron chi connectivity index (χ2n) is 11.0. The van der Waals surface area contributed by atoms with Gasteiger partial charge in [0.2, 0.25) is 5.91 Å². The number of thioether (sulfide) groups is 1. The molecule has 9 heteroatoms. The highest BCUT2D eigenvalue weighted by Gasteiger charge is 2.32. The van der Waals surface area contributed by atoms with Gasteiger partial charge >= 0.3 is 0 Å². The molecular weight excluding hydrogens is 514 g/mol. The van der Waals surface area contributed by atoms with Crippen LogP contribution in [-0.2, 0) is 24.2 Å². The number of rotatable bonds is 8. The van der Waals surface area contributed by atoms with Gasteiger partial charge in [-0.25, -0.2) is 0 Å². The van der Waals surface area contributed by atoms with Gasteiger partial charge in [0.25, 0.3) is 0 Å². The lowest BCUT2D eigenvalue weighted by Crippen LogP contribution is -2.26. The quantitative estimate of drug-likeness (QED) is 0.307. The van der Waals surface area contributed by atoms with Gasteiger partial charge in [-0.15, -0.1) is 21.5 Å². The molecule has 7 nitrogen and oxygen atoms in total. The van der Waals surface area contributed by atoms with E-state index < -0.39 is 0 Å². The maximum absolute atomic E-state index is 12.9. The summed E-state index contributed by atoms with van der Waals surface area (Å²) in [6.45, 7) is 15.6. The number of thiophene rings is 1. The van der Waals surface area contributed by atoms with Crippen molar-refractivity contribution in [3.05, 3.63) is 51.2 Å². The van der Waals surface area contributed by atoms with Crippen molar-refractivity contribution in [1.29, 1.82) is 5.26 Å². The molecule has 2 atom stereocenters. The maximum atomic E-state index is 12.9. The molecule has 2 heterocycles. The molecule has 0 spiro atoms. The fourth-order valence-electron chi connectivity index (χ4n) is 4.92. The highest BCUT2D eigenvalue weighted by atomic mass is 32.2. The lowest BCUT2D eigenvalue weighted by Gasteiger charge is -2.33. The molecule has 1 aliphatic carbocycles. The fraction of sp³-hybridized carbons (Fsp3) is 0.517. The summed E-state index contributed by atoms with van der Waals surface area (Å²) in [6.07, 6.45) is 2.64. The normalized spacial score (nSPS) is 16.0. The molecule has 1 aromatic carbocycles. The van der Waals surface area contributed by atoms with Crippen LogP contribution in [0.25, 0.3) is 0 Å². The second-order valence-corrected chi connectivity index (χ2v) is 13.1. The highest BCUT2D eigenvalue weighted by Crippen LogP contribution is 2.44. The number of hydrogen-bond donors (Lipinski definition) is 1. The Labute approximate surface area is 234 Å². The van der Waals surface area contributed by atoms with E-state index in [0.717, 1.165) is 42.0 Å². The molecule has 2 aromatic heterocycles. The van der Waals surface area contributed by atoms with E-state index in [0.29, 0.717) is 28.2 Å². The summed E-state index contributed by atoms with van der Waals surface area (Å²) in [4.78, 5) is 14.2. The summed E-state index contributed by atoms with van der Waals surface area (Å²) in [5.74, 6) is 2.17. The zero-order valence-corrected chi connectivity index (χ0v) is 25.0. The number of nitrogens with one attached hydrogen (secondary N) is 1. The molecule has 1 amide bonds. The molecule has 0 radical (unpaired) electrons. The minimum absolute atomic E-state index is 0.149. The fourth-order valence-corrected chi connectivity index (χ4v) is 7.03. The van der Waals surface area contributed by atoms with E-state index in [2.05, 4.69) is 55.3 Å². The van der Waals surface area contributed by atoms with E-state index in [1.807, 2.05) is 37.5 Å². The number of nitrogens with zero attached hydrogens (tertiary/aromatic N) is 4. The minimum Gasteiger partial charge on any atom is -0.482 e. The number of hydrogen-bond acceptors (Lipinski definition) is 7. The molecule has 0 aliphatic heterocycles. The van der Waals surface area contributed by atoms with Crippen LogP contribution in [0.3, 0.4) is 0 Å². The number of amides is 1. The first-order valence-electron chi connectivity index (χ1n) is 13.2. The van der Waals surface area contributed by atoms with Crippen molar-refractivity contribution in [3.63, 3.8) is 0 Å². The monoisotopic (exact) mass is 551 g/mol. The number of fused-ring (bicyclic) bond motifs is 1. The number of anilines is 1. The first-order chi connectivity index (χ1) is 18.0. The lowest BCUT2D eigenvalue weighted by atomic mass is 9.72. The Morgan fingerprint density at radius 3 is 2.79 bits per heavy atom. The van der Waals surface area contributed by atoms with Crippen LogP contribution in [0.15, 0.2) is 23.4 Å². The van der Waals surface area contributed by atoms with Crippen LogP contribution < -0.4 is 10.1 Å². The van der Waals surface area contributed by atoms with Gasteiger partial charge in [0, 0.05) is 11.4 Å². The van der Waals surface area contributed by atoms with Gasteiger partial charge in [-0.1, -0.05) is 44.7 Å². The van der Waals surface area contributed by atoms with E-state index in [4.69, 9.17) is 4.74 Å². The number of carbonyl (C=O) groups excluding carboxylic acids is 1. The van der Waals surface area contributed by atoms with Crippen LogP contribution in [0, 0.1) is 36.5 Å². The summed E-state index contributed by atoms with van der Waals surface area (Å²) in [5.41, 5.74) is 4.26. The van der Waals surface area contributed by atoms with E-state index in [1.165, 1.54) is 22.2 Å². The number of nitriles is 1. The predicted octanol–water partition coefficient (Wildman–Crippen LogP) is 6.87. The van der Waals surface area contributed by atoms with Crippen LogP contribution in [0.4, 0.5) is 5.00 Å². The SMILES string of the molecule is CCn1c(SCC(=O)Nc2sc3c(c2C#N)CC[C@H](C(C)(C)C)C3)nnc1[C@H](C)Oc1cccc(C)c1C. The third-order valence-corrected chi connectivity index (χ3v) is 9.61. The lowest BCUT2D eigenvalue weighted by molar-refractivity contribution is -0.113. The summed E-state index contributed by atoms with van der Waals surface area (Å²) >= 11 is 2.91. The number of ether oxygens (including phenoxy) is 1. The molecule has 0 bridgehead atoms. The van der Waals surface area contributed by atoms with E-state index in [9.17, 15) is 10.1 Å². The Morgan fingerprint density at radius 1 is 1.34 bits per heavy atom. The number of aryl methyl sites for hydroxylation is 1. The summed E-state index contributed by atoms with van der Waals surface area (Å²) in [7, 11) is 0. The van der Waals surface area contributed by atoms with Crippen molar-refractivity contribution in [2.24, 2.45) is 11.3 Å². The van der Waals surface area contributed by atoms with Crippen molar-refractivity contribution < 1.29 is 9.53 Å². The molecule has 202 valence electrons. The molecule has 0 unspecified atom stereocenters. The first-order valence-corrected chi connectivity index (χ1v) is 15.0. The molecule has 0 fully saturated rings. The van der Waals surface area contributed by atoms with Gasteiger partial charge in [-0.05, 0) is 81.0 Å². The third-order valence-electron chi connectivity index (χ3n) is 7.47. The van der Waals surface area contributed by atoms with Crippen molar-refractivity contribution in [2.45, 2.75) is 85.5 Å². The third kappa shape index (κ3) is 5.92. The Bertz CT molecular complexity index is 1360. The van der Waals surface area contributed by atoms with E-state index in [1.54, 1.807) is 11.3 Å². The molecule has 38 heavy (non-hydrogen) atoms. The summed E-state index contributed by atoms with van der Waals surface area (Å²) in [6, 6.07) is 8.36. The van der Waals surface area contributed by atoms with Gasteiger partial charge in [-0.2, -0.15) is 5.26 Å². The van der Waals surface area contributed by atoms with Crippen molar-refractivity contribution in [1.82, 2.24) is 14.8 Å². The Hall–Kier alpha value is -2.83. The van der Waals surface area contributed by atoms with Gasteiger partial charge in [0.15, 0.2) is 17.1 Å². The Kier molecular flexibility index (Phi) is 8.53. The van der Waals surface area contributed by atoms with Gasteiger partial charge in [0.05, 0.1) is 11.3 Å². The van der Waals surface area contributed by atoms with Gasteiger partial charge in [-0.3, -0.25) is 4.79 Å². The van der Waals surface area contributed by atoms with E-state index in [-0.39, 0.29) is 23.2 Å². The number of carbonyl (C=O) groups is 1. The van der Waals surface area contributed by atoms with Gasteiger partial charge in [0.1, 0.15) is 16.8 Å². The number of aromatic nitrogens is 3. The zero-order chi connectivity index (χ0) is 27.6. The topological polar surface area (TPSA) is 92.8 Å². The Morgan fingerprint density at radius 2 is 2.11 bits per heavy atom.